The Kier molecular flexibility index (Phi) is 4.16. The lowest BCUT2D eigenvalue weighted by Gasteiger charge is -2.41. The molecule has 6 heteroatoms. The SMILES string of the molecule is CC#Cc1cc(F)cc(-c2ccc3c(c2)C2(CC(C)(C)O3)N=C(N)N(C)C2=O)c1. The lowest BCUT2D eigenvalue weighted by atomic mass is 9.77. The maximum atomic E-state index is 14.1. The Bertz CT molecular complexity index is 1130. The van der Waals surface area contributed by atoms with Gasteiger partial charge >= 0.3 is 0 Å². The van der Waals surface area contributed by atoms with Gasteiger partial charge in [0.25, 0.3) is 5.91 Å². The fraction of sp³-hybridized carbons (Fsp3) is 0.304. The number of hydrogen-bond donors (Lipinski definition) is 1. The summed E-state index contributed by atoms with van der Waals surface area (Å²) in [5.74, 6) is 5.86. The van der Waals surface area contributed by atoms with E-state index in [-0.39, 0.29) is 17.7 Å². The van der Waals surface area contributed by atoms with Crippen molar-refractivity contribution in [2.24, 2.45) is 10.7 Å². The largest absolute Gasteiger partial charge is 0.487 e. The Labute approximate surface area is 169 Å². The number of likely N-dealkylation sites (N-methyl/N-ethyl adjacent to an activating group) is 1. The third kappa shape index (κ3) is 3.03. The summed E-state index contributed by atoms with van der Waals surface area (Å²) in [6.45, 7) is 5.55. The molecule has 2 aliphatic rings. The Hall–Kier alpha value is -3.33. The second-order valence-electron chi connectivity index (χ2n) is 8.05. The molecule has 1 spiro atoms. The van der Waals surface area contributed by atoms with Crippen molar-refractivity contribution in [3.8, 4) is 28.7 Å². The zero-order valence-electron chi connectivity index (χ0n) is 16.8. The third-order valence-corrected chi connectivity index (χ3v) is 5.30. The molecule has 2 aromatic carbocycles. The van der Waals surface area contributed by atoms with Gasteiger partial charge in [-0.05, 0) is 62.2 Å². The first-order valence-corrected chi connectivity index (χ1v) is 9.36. The van der Waals surface area contributed by atoms with Gasteiger partial charge in [0.05, 0.1) is 0 Å². The van der Waals surface area contributed by atoms with E-state index in [1.165, 1.54) is 17.0 Å². The highest BCUT2D eigenvalue weighted by atomic mass is 19.1. The number of carbonyl (C=O) groups is 1. The van der Waals surface area contributed by atoms with Gasteiger partial charge in [-0.25, -0.2) is 9.38 Å². The highest BCUT2D eigenvalue weighted by molar-refractivity contribution is 6.07. The first-order valence-electron chi connectivity index (χ1n) is 9.36. The van der Waals surface area contributed by atoms with Crippen LogP contribution in [0.4, 0.5) is 4.39 Å². The van der Waals surface area contributed by atoms with Gasteiger partial charge < -0.3 is 10.5 Å². The van der Waals surface area contributed by atoms with Crippen LogP contribution in [0.3, 0.4) is 0 Å². The van der Waals surface area contributed by atoms with E-state index in [4.69, 9.17) is 10.5 Å². The zero-order chi connectivity index (χ0) is 21.0. The van der Waals surface area contributed by atoms with Gasteiger partial charge in [0.15, 0.2) is 11.5 Å². The molecule has 2 aliphatic heterocycles. The summed E-state index contributed by atoms with van der Waals surface area (Å²) in [6, 6.07) is 10.2. The molecule has 1 unspecified atom stereocenters. The van der Waals surface area contributed by atoms with Crippen molar-refractivity contribution in [2.45, 2.75) is 38.3 Å². The number of aliphatic imine (C=N–C) groups is 1. The van der Waals surface area contributed by atoms with E-state index in [1.807, 2.05) is 32.0 Å². The molecule has 2 heterocycles. The van der Waals surface area contributed by atoms with E-state index in [0.717, 1.165) is 5.56 Å². The van der Waals surface area contributed by atoms with Crippen molar-refractivity contribution in [1.82, 2.24) is 4.90 Å². The number of benzene rings is 2. The van der Waals surface area contributed by atoms with Crippen LogP contribution < -0.4 is 10.5 Å². The number of nitrogens with two attached hydrogens (primary N) is 1. The van der Waals surface area contributed by atoms with Crippen LogP contribution in [0.25, 0.3) is 11.1 Å². The molecule has 2 N–H and O–H groups in total. The van der Waals surface area contributed by atoms with Crippen molar-refractivity contribution in [3.05, 3.63) is 53.3 Å². The third-order valence-electron chi connectivity index (χ3n) is 5.30. The van der Waals surface area contributed by atoms with Gasteiger partial charge in [0, 0.05) is 24.6 Å². The maximum Gasteiger partial charge on any atom is 0.261 e. The predicted octanol–water partition coefficient (Wildman–Crippen LogP) is 3.41. The fourth-order valence-electron chi connectivity index (χ4n) is 4.13. The van der Waals surface area contributed by atoms with Gasteiger partial charge in [-0.2, -0.15) is 0 Å². The summed E-state index contributed by atoms with van der Waals surface area (Å²) in [5, 5.41) is 0. The summed E-state index contributed by atoms with van der Waals surface area (Å²) >= 11 is 0. The molecule has 1 amide bonds. The maximum absolute atomic E-state index is 14.1. The standard InChI is InChI=1S/C23H22FN3O2/c1-5-6-14-9-16(11-17(24)10-14)15-7-8-19-18(12-15)23(13-22(2,3)29-19)20(28)27(4)21(25)26-23/h7-12H,13H2,1-4H3,(H2,25,26). The molecule has 0 saturated heterocycles. The van der Waals surface area contributed by atoms with Gasteiger partial charge in [-0.15, -0.1) is 5.92 Å². The van der Waals surface area contributed by atoms with Crippen LogP contribution in [0, 0.1) is 17.7 Å². The lowest BCUT2D eigenvalue weighted by Crippen LogP contribution is -2.49. The van der Waals surface area contributed by atoms with Gasteiger partial charge in [0.1, 0.15) is 17.2 Å². The molecular weight excluding hydrogens is 369 g/mol. The molecule has 0 fully saturated rings. The molecule has 0 radical (unpaired) electrons. The minimum absolute atomic E-state index is 0.176. The highest BCUT2D eigenvalue weighted by Gasteiger charge is 2.55. The molecule has 0 saturated carbocycles. The molecule has 0 bridgehead atoms. The number of carbonyl (C=O) groups excluding carboxylic acids is 1. The second-order valence-corrected chi connectivity index (χ2v) is 8.05. The molecule has 1 atom stereocenters. The number of rotatable bonds is 1. The lowest BCUT2D eigenvalue weighted by molar-refractivity contribution is -0.133. The fourth-order valence-corrected chi connectivity index (χ4v) is 4.13. The van der Waals surface area contributed by atoms with E-state index < -0.39 is 11.1 Å². The average molecular weight is 391 g/mol. The van der Waals surface area contributed by atoms with Crippen LogP contribution in [0.5, 0.6) is 5.75 Å². The normalized spacial score (nSPS) is 21.9. The molecule has 29 heavy (non-hydrogen) atoms. The van der Waals surface area contributed by atoms with Crippen molar-refractivity contribution >= 4 is 11.9 Å². The minimum atomic E-state index is -1.15. The van der Waals surface area contributed by atoms with Crippen molar-refractivity contribution in [1.29, 1.82) is 0 Å². The van der Waals surface area contributed by atoms with E-state index >= 15 is 0 Å². The molecule has 0 aliphatic carbocycles. The van der Waals surface area contributed by atoms with Gasteiger partial charge in [-0.3, -0.25) is 9.69 Å². The van der Waals surface area contributed by atoms with E-state index in [1.54, 1.807) is 20.0 Å². The number of ether oxygens (including phenoxy) is 1. The molecule has 0 aromatic heterocycles. The number of hydrogen-bond acceptors (Lipinski definition) is 4. The van der Waals surface area contributed by atoms with Crippen LogP contribution in [0.15, 0.2) is 41.4 Å². The van der Waals surface area contributed by atoms with Gasteiger partial charge in [-0.1, -0.05) is 12.0 Å². The summed E-state index contributed by atoms with van der Waals surface area (Å²) in [5.41, 5.74) is 6.89. The molecular formula is C23H22FN3O2. The summed E-state index contributed by atoms with van der Waals surface area (Å²) in [4.78, 5) is 19.1. The summed E-state index contributed by atoms with van der Waals surface area (Å²) < 4.78 is 20.3. The van der Waals surface area contributed by atoms with Crippen LogP contribution in [-0.2, 0) is 10.3 Å². The highest BCUT2D eigenvalue weighted by Crippen LogP contribution is 2.49. The van der Waals surface area contributed by atoms with Crippen molar-refractivity contribution < 1.29 is 13.9 Å². The van der Waals surface area contributed by atoms with E-state index in [0.29, 0.717) is 28.9 Å². The monoisotopic (exact) mass is 391 g/mol. The number of guanidine groups is 1. The Morgan fingerprint density at radius 1 is 1.21 bits per heavy atom. The smallest absolute Gasteiger partial charge is 0.261 e. The topological polar surface area (TPSA) is 67.9 Å². The minimum Gasteiger partial charge on any atom is -0.487 e. The summed E-state index contributed by atoms with van der Waals surface area (Å²) in [6.07, 6.45) is 0.357. The van der Waals surface area contributed by atoms with Crippen LogP contribution in [0.1, 0.15) is 38.3 Å². The van der Waals surface area contributed by atoms with Crippen molar-refractivity contribution in [3.63, 3.8) is 0 Å². The van der Waals surface area contributed by atoms with Crippen molar-refractivity contribution in [2.75, 3.05) is 7.05 Å². The molecule has 148 valence electrons. The zero-order valence-corrected chi connectivity index (χ0v) is 16.8. The Morgan fingerprint density at radius 2 is 1.97 bits per heavy atom. The molecule has 2 aromatic rings. The second kappa shape index (κ2) is 6.35. The molecule has 4 rings (SSSR count). The average Bonchev–Trinajstić information content (AvgIpc) is 2.84. The summed E-state index contributed by atoms with van der Waals surface area (Å²) in [7, 11) is 1.62. The first kappa shape index (κ1) is 19.0. The van der Waals surface area contributed by atoms with Gasteiger partial charge in [0.2, 0.25) is 0 Å². The van der Waals surface area contributed by atoms with Crippen LogP contribution in [-0.4, -0.2) is 29.4 Å². The number of amides is 1. The predicted molar refractivity (Wildman–Crippen MR) is 110 cm³/mol. The number of nitrogens with zero attached hydrogens (tertiary/aromatic N) is 2. The quantitative estimate of drug-likeness (QED) is 0.758. The number of halogens is 1. The first-order chi connectivity index (χ1) is 13.6. The van der Waals surface area contributed by atoms with Crippen LogP contribution >= 0.6 is 0 Å². The molecule has 5 nitrogen and oxygen atoms in total. The van der Waals surface area contributed by atoms with E-state index in [2.05, 4.69) is 16.8 Å². The van der Waals surface area contributed by atoms with Crippen LogP contribution in [0.2, 0.25) is 0 Å². The van der Waals surface area contributed by atoms with E-state index in [9.17, 15) is 9.18 Å². The Balaban J connectivity index is 1.92. The number of fused-ring (bicyclic) bond motifs is 2. The Morgan fingerprint density at radius 3 is 2.62 bits per heavy atom.